The molecule has 2 N–H and O–H groups in total. The van der Waals surface area contributed by atoms with E-state index in [-0.39, 0.29) is 24.0 Å². The van der Waals surface area contributed by atoms with E-state index in [1.165, 1.54) is 7.11 Å². The van der Waals surface area contributed by atoms with Crippen molar-refractivity contribution >= 4 is 12.1 Å². The Morgan fingerprint density at radius 1 is 1.35 bits per heavy atom. The van der Waals surface area contributed by atoms with Crippen molar-refractivity contribution in [2.45, 2.75) is 39.2 Å². The Morgan fingerprint density at radius 3 is 2.50 bits per heavy atom. The van der Waals surface area contributed by atoms with E-state index < -0.39 is 11.0 Å². The van der Waals surface area contributed by atoms with Gasteiger partial charge in [-0.1, -0.05) is 0 Å². The minimum absolute atomic E-state index is 0.217. The Kier molecular flexibility index (Phi) is 3.48. The van der Waals surface area contributed by atoms with Crippen molar-refractivity contribution in [3.63, 3.8) is 0 Å². The third-order valence-electron chi connectivity index (χ3n) is 4.46. The van der Waals surface area contributed by atoms with E-state index in [9.17, 15) is 9.59 Å². The molecule has 20 heavy (non-hydrogen) atoms. The minimum Gasteiger partial charge on any atom is -0.469 e. The monoisotopic (exact) mass is 284 g/mol. The van der Waals surface area contributed by atoms with Gasteiger partial charge in [-0.3, -0.25) is 4.79 Å². The van der Waals surface area contributed by atoms with Crippen LogP contribution in [0.5, 0.6) is 0 Å². The average molecular weight is 284 g/mol. The van der Waals surface area contributed by atoms with Gasteiger partial charge in [0.05, 0.1) is 12.5 Å². The largest absolute Gasteiger partial charge is 0.469 e. The van der Waals surface area contributed by atoms with Crippen LogP contribution in [0.3, 0.4) is 0 Å². The molecular formula is C14H24N2O4. The third-order valence-corrected chi connectivity index (χ3v) is 4.46. The number of methoxy groups -OCH3 is 1. The maximum atomic E-state index is 12.1. The molecule has 2 atom stereocenters. The summed E-state index contributed by atoms with van der Waals surface area (Å²) in [6, 6.07) is 0. The molecule has 0 aromatic carbocycles. The number of nitrogens with zero attached hydrogens (tertiary/aromatic N) is 1. The molecule has 2 unspecified atom stereocenters. The van der Waals surface area contributed by atoms with Crippen molar-refractivity contribution in [2.75, 3.05) is 26.7 Å². The SMILES string of the molecule is COC(=O)C1(CN)CC12CCN(C(=O)OC(C)(C)C)C2. The summed E-state index contributed by atoms with van der Waals surface area (Å²) in [6.07, 6.45) is 1.15. The first-order valence-corrected chi connectivity index (χ1v) is 6.96. The Hall–Kier alpha value is -1.30. The van der Waals surface area contributed by atoms with Crippen LogP contribution in [0.4, 0.5) is 4.79 Å². The van der Waals surface area contributed by atoms with Crippen LogP contribution in [0, 0.1) is 10.8 Å². The number of carbonyl (C=O) groups is 2. The molecule has 1 amide bonds. The first kappa shape index (κ1) is 15.1. The molecule has 1 saturated carbocycles. The Balaban J connectivity index is 2.04. The second kappa shape index (κ2) is 4.62. The number of hydrogen-bond acceptors (Lipinski definition) is 5. The van der Waals surface area contributed by atoms with Crippen LogP contribution in [0.25, 0.3) is 0 Å². The molecule has 1 aliphatic heterocycles. The maximum absolute atomic E-state index is 12.1. The molecule has 1 heterocycles. The smallest absolute Gasteiger partial charge is 0.410 e. The molecule has 0 bridgehead atoms. The van der Waals surface area contributed by atoms with Crippen LogP contribution in [-0.2, 0) is 14.3 Å². The number of hydrogen-bond donors (Lipinski definition) is 1. The van der Waals surface area contributed by atoms with Gasteiger partial charge in [-0.2, -0.15) is 0 Å². The predicted molar refractivity (Wildman–Crippen MR) is 73.0 cm³/mol. The summed E-state index contributed by atoms with van der Waals surface area (Å²) in [7, 11) is 1.38. The zero-order valence-electron chi connectivity index (χ0n) is 12.7. The molecule has 2 fully saturated rings. The van der Waals surface area contributed by atoms with Gasteiger partial charge in [0.15, 0.2) is 0 Å². The maximum Gasteiger partial charge on any atom is 0.410 e. The Labute approximate surface area is 119 Å². The lowest BCUT2D eigenvalue weighted by atomic mass is 9.92. The van der Waals surface area contributed by atoms with E-state index in [1.807, 2.05) is 20.8 Å². The average Bonchev–Trinajstić information content (AvgIpc) is 2.77. The van der Waals surface area contributed by atoms with Gasteiger partial charge in [0, 0.05) is 25.0 Å². The van der Waals surface area contributed by atoms with E-state index in [0.29, 0.717) is 19.5 Å². The van der Waals surface area contributed by atoms with Crippen LogP contribution >= 0.6 is 0 Å². The van der Waals surface area contributed by atoms with E-state index in [4.69, 9.17) is 15.2 Å². The zero-order chi connectivity index (χ0) is 15.2. The highest BCUT2D eigenvalue weighted by molar-refractivity contribution is 5.83. The van der Waals surface area contributed by atoms with Gasteiger partial charge in [0.25, 0.3) is 0 Å². The standard InChI is InChI=1S/C14H24N2O4/c1-12(2,3)20-11(18)16-6-5-13(9-16)7-14(13,8-15)10(17)19-4/h5-9,15H2,1-4H3. The van der Waals surface area contributed by atoms with Crippen LogP contribution in [-0.4, -0.2) is 49.3 Å². The van der Waals surface area contributed by atoms with Gasteiger partial charge in [-0.15, -0.1) is 0 Å². The number of rotatable bonds is 2. The van der Waals surface area contributed by atoms with Crippen molar-refractivity contribution in [1.82, 2.24) is 4.90 Å². The Bertz CT molecular complexity index is 431. The fraction of sp³-hybridized carbons (Fsp3) is 0.857. The summed E-state index contributed by atoms with van der Waals surface area (Å²) in [5.74, 6) is -0.258. The molecule has 1 saturated heterocycles. The second-order valence-corrected chi connectivity index (χ2v) is 6.89. The summed E-state index contributed by atoms with van der Waals surface area (Å²) in [4.78, 5) is 25.7. The Morgan fingerprint density at radius 2 is 2.00 bits per heavy atom. The van der Waals surface area contributed by atoms with E-state index in [2.05, 4.69) is 0 Å². The lowest BCUT2D eigenvalue weighted by Gasteiger charge is -2.25. The number of nitrogens with two attached hydrogens (primary N) is 1. The molecule has 114 valence electrons. The molecule has 6 heteroatoms. The van der Waals surface area contributed by atoms with Gasteiger partial charge in [0.2, 0.25) is 0 Å². The number of esters is 1. The van der Waals surface area contributed by atoms with Gasteiger partial charge in [-0.05, 0) is 33.6 Å². The summed E-state index contributed by atoms with van der Waals surface area (Å²) >= 11 is 0. The molecule has 6 nitrogen and oxygen atoms in total. The van der Waals surface area contributed by atoms with Gasteiger partial charge in [-0.25, -0.2) is 4.79 Å². The number of amides is 1. The number of ether oxygens (including phenoxy) is 2. The molecule has 2 aliphatic rings. The molecule has 0 aromatic rings. The first-order valence-electron chi connectivity index (χ1n) is 6.96. The normalized spacial score (nSPS) is 32.4. The first-order chi connectivity index (χ1) is 9.20. The highest BCUT2D eigenvalue weighted by Crippen LogP contribution is 2.68. The lowest BCUT2D eigenvalue weighted by Crippen LogP contribution is -2.37. The van der Waals surface area contributed by atoms with Gasteiger partial charge in [0.1, 0.15) is 5.60 Å². The molecule has 1 aliphatic carbocycles. The minimum atomic E-state index is -0.613. The summed E-state index contributed by atoms with van der Waals surface area (Å²) < 4.78 is 10.2. The highest BCUT2D eigenvalue weighted by Gasteiger charge is 2.73. The van der Waals surface area contributed by atoms with Gasteiger partial charge >= 0.3 is 12.1 Å². The van der Waals surface area contributed by atoms with Gasteiger partial charge < -0.3 is 20.1 Å². The summed E-state index contributed by atoms with van der Waals surface area (Å²) in [6.45, 7) is 6.91. The predicted octanol–water partition coefficient (Wildman–Crippen LogP) is 1.14. The molecule has 2 rings (SSSR count). The topological polar surface area (TPSA) is 81.9 Å². The third kappa shape index (κ3) is 2.26. The molecule has 1 spiro atoms. The van der Waals surface area contributed by atoms with Crippen LogP contribution < -0.4 is 5.73 Å². The fourth-order valence-electron chi connectivity index (χ4n) is 3.28. The summed E-state index contributed by atoms with van der Waals surface area (Å²) in [5.41, 5.74) is 4.45. The van der Waals surface area contributed by atoms with Crippen LogP contribution in [0.2, 0.25) is 0 Å². The molecule has 0 radical (unpaired) electrons. The number of likely N-dealkylation sites (tertiary alicyclic amines) is 1. The highest BCUT2D eigenvalue weighted by atomic mass is 16.6. The quantitative estimate of drug-likeness (QED) is 0.769. The molecular weight excluding hydrogens is 260 g/mol. The van der Waals surface area contributed by atoms with E-state index in [0.717, 1.165) is 6.42 Å². The van der Waals surface area contributed by atoms with Crippen molar-refractivity contribution in [3.05, 3.63) is 0 Å². The molecule has 0 aromatic heterocycles. The fourth-order valence-corrected chi connectivity index (χ4v) is 3.28. The van der Waals surface area contributed by atoms with E-state index in [1.54, 1.807) is 4.90 Å². The van der Waals surface area contributed by atoms with Crippen molar-refractivity contribution in [2.24, 2.45) is 16.6 Å². The number of carbonyl (C=O) groups excluding carboxylic acids is 2. The lowest BCUT2D eigenvalue weighted by molar-refractivity contribution is -0.148. The van der Waals surface area contributed by atoms with E-state index >= 15 is 0 Å². The summed E-state index contributed by atoms with van der Waals surface area (Å²) in [5, 5.41) is 0. The van der Waals surface area contributed by atoms with Crippen molar-refractivity contribution in [3.8, 4) is 0 Å². The van der Waals surface area contributed by atoms with Crippen LogP contribution in [0.15, 0.2) is 0 Å². The van der Waals surface area contributed by atoms with Crippen LogP contribution in [0.1, 0.15) is 33.6 Å². The zero-order valence-corrected chi connectivity index (χ0v) is 12.7. The van der Waals surface area contributed by atoms with Crippen molar-refractivity contribution < 1.29 is 19.1 Å². The second-order valence-electron chi connectivity index (χ2n) is 6.89. The van der Waals surface area contributed by atoms with Crippen molar-refractivity contribution in [1.29, 1.82) is 0 Å².